The molecule has 2 aliphatic rings. The number of halogens is 3. The van der Waals surface area contributed by atoms with Gasteiger partial charge in [0.15, 0.2) is 0 Å². The first-order valence-corrected chi connectivity index (χ1v) is 18.9. The number of alkyl halides is 3. The van der Waals surface area contributed by atoms with Crippen LogP contribution in [0.1, 0.15) is 76.1 Å². The van der Waals surface area contributed by atoms with Gasteiger partial charge in [0.1, 0.15) is 23.7 Å². The zero-order valence-corrected chi connectivity index (χ0v) is 32.2. The molecule has 17 heteroatoms. The highest BCUT2D eigenvalue weighted by molar-refractivity contribution is 5.87. The number of H-pyrrole nitrogens is 2. The Morgan fingerprint density at radius 1 is 0.737 bits per heavy atom. The number of aromatic nitrogens is 4. The Kier molecular flexibility index (Phi) is 12.5. The monoisotopic (exact) mass is 792 g/mol. The SMILES string of the molecule is COC(=O)N[C@@H](CCC(F)(F)F)C(=O)N1CCC[C@H]1c1ncc(-c2ccc(-c3ccc(-c4cnc([C@@H]5CCCN5C(=O)[C@@H](NC(=O)OC)C(C)C)[nH]4)cc3)cc2)[nH]1. The van der Waals surface area contributed by atoms with Crippen molar-refractivity contribution >= 4 is 24.0 Å². The molecule has 0 radical (unpaired) electrons. The summed E-state index contributed by atoms with van der Waals surface area (Å²) in [5.74, 6) is 0.275. The Balaban J connectivity index is 1.10. The number of carbonyl (C=O) groups is 4. The van der Waals surface area contributed by atoms with E-state index in [4.69, 9.17) is 4.74 Å². The number of imidazole rings is 2. The number of amides is 4. The van der Waals surface area contributed by atoms with Crippen LogP contribution < -0.4 is 10.6 Å². The summed E-state index contributed by atoms with van der Waals surface area (Å²) in [4.78, 5) is 69.8. The largest absolute Gasteiger partial charge is 0.453 e. The van der Waals surface area contributed by atoms with E-state index in [0.29, 0.717) is 43.3 Å². The molecular weight excluding hydrogens is 745 g/mol. The smallest absolute Gasteiger partial charge is 0.407 e. The summed E-state index contributed by atoms with van der Waals surface area (Å²) >= 11 is 0. The quantitative estimate of drug-likeness (QED) is 0.120. The van der Waals surface area contributed by atoms with Crippen molar-refractivity contribution in [3.8, 4) is 33.6 Å². The Bertz CT molecular complexity index is 2030. The second-order valence-electron chi connectivity index (χ2n) is 14.6. The molecule has 4 N–H and O–H groups in total. The second-order valence-corrected chi connectivity index (χ2v) is 14.6. The fraction of sp³-hybridized carbons (Fsp3) is 0.450. The number of carbonyl (C=O) groups excluding carboxylic acids is 4. The van der Waals surface area contributed by atoms with Gasteiger partial charge in [0.25, 0.3) is 0 Å². The number of benzene rings is 2. The lowest BCUT2D eigenvalue weighted by Crippen LogP contribution is -2.51. The van der Waals surface area contributed by atoms with Gasteiger partial charge in [-0.15, -0.1) is 0 Å². The molecule has 0 unspecified atom stereocenters. The summed E-state index contributed by atoms with van der Waals surface area (Å²) in [6, 6.07) is 13.1. The molecule has 304 valence electrons. The van der Waals surface area contributed by atoms with Crippen molar-refractivity contribution in [3.63, 3.8) is 0 Å². The van der Waals surface area contributed by atoms with Crippen molar-refractivity contribution < 1.29 is 41.8 Å². The van der Waals surface area contributed by atoms with Gasteiger partial charge in [0.05, 0.1) is 50.1 Å². The van der Waals surface area contributed by atoms with Crippen LogP contribution >= 0.6 is 0 Å². The number of likely N-dealkylation sites (tertiary alicyclic amines) is 2. The lowest BCUT2D eigenvalue weighted by atomic mass is 10.0. The number of nitrogens with one attached hydrogen (secondary N) is 4. The fourth-order valence-electron chi connectivity index (χ4n) is 7.46. The summed E-state index contributed by atoms with van der Waals surface area (Å²) in [6.07, 6.45) is -1.77. The van der Waals surface area contributed by atoms with Crippen molar-refractivity contribution in [1.29, 1.82) is 0 Å². The third kappa shape index (κ3) is 9.57. The molecule has 0 saturated carbocycles. The van der Waals surface area contributed by atoms with E-state index in [2.05, 4.69) is 35.3 Å². The van der Waals surface area contributed by atoms with Crippen LogP contribution in [0.4, 0.5) is 22.8 Å². The molecule has 57 heavy (non-hydrogen) atoms. The Labute approximate surface area is 327 Å². The molecule has 2 aromatic heterocycles. The molecule has 4 aromatic rings. The van der Waals surface area contributed by atoms with E-state index in [1.807, 2.05) is 62.4 Å². The van der Waals surface area contributed by atoms with Gasteiger partial charge in [0.2, 0.25) is 11.8 Å². The fourth-order valence-corrected chi connectivity index (χ4v) is 7.46. The summed E-state index contributed by atoms with van der Waals surface area (Å²) in [5.41, 5.74) is 5.27. The van der Waals surface area contributed by atoms with Gasteiger partial charge in [-0.05, 0) is 60.3 Å². The standard InChI is InChI=1S/C40H47F3N8O6/c1-23(2)33(49-39(55)57-4)37(53)51-20-6-8-32(51)35-45-22-30(47-35)27-15-11-25(12-16-27)24-9-13-26(14-10-24)29-21-44-34(46-29)31-7-5-19-50(31)36(52)28(48-38(54)56-3)17-18-40(41,42)43/h9-16,21-23,28,31-33H,5-8,17-20H2,1-4H3,(H,44,46)(H,45,47)(H,48,54)(H,49,55)/t28-,31-,32-,33-/m0/s1. The molecule has 2 fully saturated rings. The average Bonchev–Trinajstić information content (AvgIpc) is 4.04. The van der Waals surface area contributed by atoms with Crippen LogP contribution in [0.5, 0.6) is 0 Å². The van der Waals surface area contributed by atoms with Crippen molar-refractivity contribution in [2.45, 2.75) is 82.7 Å². The van der Waals surface area contributed by atoms with Gasteiger partial charge in [-0.1, -0.05) is 62.4 Å². The Morgan fingerprint density at radius 2 is 1.18 bits per heavy atom. The van der Waals surface area contributed by atoms with E-state index in [1.165, 1.54) is 12.0 Å². The predicted octanol–water partition coefficient (Wildman–Crippen LogP) is 6.91. The predicted molar refractivity (Wildman–Crippen MR) is 203 cm³/mol. The first-order valence-electron chi connectivity index (χ1n) is 18.9. The van der Waals surface area contributed by atoms with E-state index in [9.17, 15) is 32.3 Å². The summed E-state index contributed by atoms with van der Waals surface area (Å²) in [6.45, 7) is 4.64. The van der Waals surface area contributed by atoms with Crippen LogP contribution in [0.25, 0.3) is 33.6 Å². The van der Waals surface area contributed by atoms with Gasteiger partial charge in [-0.2, -0.15) is 13.2 Å². The minimum atomic E-state index is -4.49. The first kappa shape index (κ1) is 40.8. The van der Waals surface area contributed by atoms with Crippen molar-refractivity contribution in [1.82, 2.24) is 40.4 Å². The van der Waals surface area contributed by atoms with Crippen LogP contribution in [-0.4, -0.2) is 99.3 Å². The number of rotatable bonds is 12. The van der Waals surface area contributed by atoms with Gasteiger partial charge >= 0.3 is 18.4 Å². The van der Waals surface area contributed by atoms with E-state index < -0.39 is 55.2 Å². The number of nitrogens with zero attached hydrogens (tertiary/aromatic N) is 4. The molecule has 14 nitrogen and oxygen atoms in total. The molecule has 2 aromatic carbocycles. The zero-order chi connectivity index (χ0) is 40.9. The summed E-state index contributed by atoms with van der Waals surface area (Å²) in [5, 5.41) is 4.94. The van der Waals surface area contributed by atoms with Crippen LogP contribution in [0, 0.1) is 5.92 Å². The highest BCUT2D eigenvalue weighted by Gasteiger charge is 2.39. The van der Waals surface area contributed by atoms with Crippen LogP contribution in [0.3, 0.4) is 0 Å². The second kappa shape index (κ2) is 17.5. The molecule has 4 atom stereocenters. The van der Waals surface area contributed by atoms with E-state index >= 15 is 0 Å². The van der Waals surface area contributed by atoms with Crippen molar-refractivity contribution in [2.24, 2.45) is 5.92 Å². The summed E-state index contributed by atoms with van der Waals surface area (Å²) < 4.78 is 48.3. The average molecular weight is 793 g/mol. The van der Waals surface area contributed by atoms with Gasteiger partial charge in [-0.25, -0.2) is 19.6 Å². The highest BCUT2D eigenvalue weighted by Crippen LogP contribution is 2.35. The molecule has 0 aliphatic carbocycles. The maximum atomic E-state index is 13.5. The molecule has 0 bridgehead atoms. The molecule has 6 rings (SSSR count). The number of hydrogen-bond acceptors (Lipinski definition) is 8. The van der Waals surface area contributed by atoms with E-state index in [-0.39, 0.29) is 17.9 Å². The topological polar surface area (TPSA) is 175 Å². The van der Waals surface area contributed by atoms with Gasteiger partial charge in [0, 0.05) is 19.5 Å². The van der Waals surface area contributed by atoms with Crippen LogP contribution in [0.2, 0.25) is 0 Å². The number of methoxy groups -OCH3 is 2. The van der Waals surface area contributed by atoms with Crippen molar-refractivity contribution in [2.75, 3.05) is 27.3 Å². The van der Waals surface area contributed by atoms with Gasteiger partial charge in [-0.3, -0.25) is 9.59 Å². The molecule has 0 spiro atoms. The minimum Gasteiger partial charge on any atom is -0.453 e. The Hall–Kier alpha value is -5.87. The van der Waals surface area contributed by atoms with Crippen molar-refractivity contribution in [3.05, 3.63) is 72.6 Å². The number of ether oxygens (including phenoxy) is 2. The number of hydrogen-bond donors (Lipinski definition) is 4. The normalized spacial score (nSPS) is 18.0. The van der Waals surface area contributed by atoms with E-state index in [1.54, 1.807) is 17.3 Å². The molecular formula is C40H47F3N8O6. The lowest BCUT2D eigenvalue weighted by molar-refractivity contribution is -0.143. The Morgan fingerprint density at radius 3 is 1.61 bits per heavy atom. The maximum Gasteiger partial charge on any atom is 0.407 e. The lowest BCUT2D eigenvalue weighted by Gasteiger charge is -2.30. The third-order valence-corrected chi connectivity index (χ3v) is 10.5. The zero-order valence-electron chi connectivity index (χ0n) is 32.2. The van der Waals surface area contributed by atoms with Gasteiger partial charge < -0.3 is 39.9 Å². The van der Waals surface area contributed by atoms with Crippen LogP contribution in [0.15, 0.2) is 60.9 Å². The minimum absolute atomic E-state index is 0.130. The van der Waals surface area contributed by atoms with E-state index in [0.717, 1.165) is 47.9 Å². The molecule has 4 heterocycles. The maximum absolute atomic E-state index is 13.5. The highest BCUT2D eigenvalue weighted by atomic mass is 19.4. The molecule has 2 aliphatic heterocycles. The molecule has 2 saturated heterocycles. The number of aromatic amines is 2. The number of alkyl carbamates (subject to hydrolysis) is 2. The third-order valence-electron chi connectivity index (χ3n) is 10.5. The first-order chi connectivity index (χ1) is 27.3. The van der Waals surface area contributed by atoms with Crippen LogP contribution in [-0.2, 0) is 19.1 Å². The molecule has 4 amide bonds. The summed E-state index contributed by atoms with van der Waals surface area (Å²) in [7, 11) is 2.35.